The van der Waals surface area contributed by atoms with Gasteiger partial charge >= 0.3 is 0 Å². The molecule has 0 aliphatic carbocycles. The van der Waals surface area contributed by atoms with Crippen molar-refractivity contribution in [1.82, 2.24) is 5.32 Å². The summed E-state index contributed by atoms with van der Waals surface area (Å²) in [7, 11) is 0. The Morgan fingerprint density at radius 2 is 1.95 bits per heavy atom. The molecule has 7 heteroatoms. The van der Waals surface area contributed by atoms with Gasteiger partial charge in [0.2, 0.25) is 5.82 Å². The van der Waals surface area contributed by atoms with E-state index in [4.69, 9.17) is 10.8 Å². The Morgan fingerprint density at radius 3 is 2.47 bits per heavy atom. The third-order valence-corrected chi connectivity index (χ3v) is 2.60. The van der Waals surface area contributed by atoms with Gasteiger partial charge in [-0.25, -0.2) is 8.78 Å². The molecule has 1 rings (SSSR count). The highest BCUT2D eigenvalue weighted by Crippen LogP contribution is 2.26. The molecule has 0 unspecified atom stereocenters. The highest BCUT2D eigenvalue weighted by atomic mass is 19.2. The number of nitrogens with two attached hydrogens (primary N) is 1. The lowest BCUT2D eigenvalue weighted by Crippen LogP contribution is -2.45. The summed E-state index contributed by atoms with van der Waals surface area (Å²) in [6, 6.07) is 0.401. The fourth-order valence-corrected chi connectivity index (χ4v) is 1.55. The van der Waals surface area contributed by atoms with E-state index in [-0.39, 0.29) is 0 Å². The largest absolute Gasteiger partial charge is 0.503 e. The standard InChI is InChI=1S/C12H15F3N2O2/c1-12(2,3-4-16)17-11(19)6-5-7(13)9(15)10(18)8(6)14/h5,18H,3-4,16H2,1-2H3,(H,17,19). The first kappa shape index (κ1) is 15.3. The zero-order valence-electron chi connectivity index (χ0n) is 10.6. The first-order valence-electron chi connectivity index (χ1n) is 5.58. The SMILES string of the molecule is CC(C)(CCN)NC(=O)c1cc(F)c(F)c(O)c1F. The van der Waals surface area contributed by atoms with Crippen LogP contribution in [0.2, 0.25) is 0 Å². The fraction of sp³-hybridized carbons (Fsp3) is 0.417. The van der Waals surface area contributed by atoms with Crippen LogP contribution in [0.4, 0.5) is 13.2 Å². The number of carbonyl (C=O) groups is 1. The number of rotatable bonds is 4. The van der Waals surface area contributed by atoms with Gasteiger partial charge in [0, 0.05) is 5.54 Å². The summed E-state index contributed by atoms with van der Waals surface area (Å²) in [5.74, 6) is -7.19. The molecule has 0 aliphatic heterocycles. The monoisotopic (exact) mass is 276 g/mol. The van der Waals surface area contributed by atoms with E-state index in [1.165, 1.54) is 0 Å². The van der Waals surface area contributed by atoms with E-state index in [0.717, 1.165) is 0 Å². The molecule has 0 aromatic heterocycles. The molecule has 106 valence electrons. The second kappa shape index (κ2) is 5.48. The molecule has 0 atom stereocenters. The van der Waals surface area contributed by atoms with E-state index in [9.17, 15) is 18.0 Å². The van der Waals surface area contributed by atoms with Crippen molar-refractivity contribution >= 4 is 5.91 Å². The zero-order chi connectivity index (χ0) is 14.8. The van der Waals surface area contributed by atoms with Crippen LogP contribution in [0.25, 0.3) is 0 Å². The number of halogens is 3. The summed E-state index contributed by atoms with van der Waals surface area (Å²) >= 11 is 0. The van der Waals surface area contributed by atoms with Gasteiger partial charge in [0.1, 0.15) is 0 Å². The third-order valence-electron chi connectivity index (χ3n) is 2.60. The molecule has 0 saturated carbocycles. The molecule has 1 aromatic carbocycles. The second-order valence-corrected chi connectivity index (χ2v) is 4.76. The van der Waals surface area contributed by atoms with E-state index in [0.29, 0.717) is 19.0 Å². The Hall–Kier alpha value is -1.76. The molecule has 0 bridgehead atoms. The molecule has 4 N–H and O–H groups in total. The average molecular weight is 276 g/mol. The number of hydrogen-bond donors (Lipinski definition) is 3. The Labute approximate surface area is 108 Å². The quantitative estimate of drug-likeness (QED) is 0.732. The summed E-state index contributed by atoms with van der Waals surface area (Å²) in [4.78, 5) is 11.8. The van der Waals surface area contributed by atoms with Gasteiger partial charge in [-0.2, -0.15) is 4.39 Å². The van der Waals surface area contributed by atoms with Crippen LogP contribution in [0.15, 0.2) is 6.07 Å². The van der Waals surface area contributed by atoms with Crippen molar-refractivity contribution in [1.29, 1.82) is 0 Å². The number of phenolic OH excluding ortho intramolecular Hbond substituents is 1. The van der Waals surface area contributed by atoms with Crippen molar-refractivity contribution in [2.75, 3.05) is 6.54 Å². The molecule has 0 fully saturated rings. The van der Waals surface area contributed by atoms with E-state index in [1.54, 1.807) is 13.8 Å². The van der Waals surface area contributed by atoms with Gasteiger partial charge < -0.3 is 16.2 Å². The number of hydrogen-bond acceptors (Lipinski definition) is 3. The molecule has 0 spiro atoms. The molecular weight excluding hydrogens is 261 g/mol. The zero-order valence-corrected chi connectivity index (χ0v) is 10.6. The van der Waals surface area contributed by atoms with E-state index in [2.05, 4.69) is 5.32 Å². The molecule has 1 amide bonds. The predicted octanol–water partition coefficient (Wildman–Crippen LogP) is 1.67. The van der Waals surface area contributed by atoms with Crippen molar-refractivity contribution < 1.29 is 23.1 Å². The number of carbonyl (C=O) groups excluding carboxylic acids is 1. The molecule has 1 aromatic rings. The minimum Gasteiger partial charge on any atom is -0.503 e. The molecule has 0 radical (unpaired) electrons. The number of nitrogens with one attached hydrogen (secondary N) is 1. The number of benzene rings is 1. The van der Waals surface area contributed by atoms with Gasteiger partial charge in [-0.05, 0) is 32.9 Å². The van der Waals surface area contributed by atoms with E-state index in [1.807, 2.05) is 0 Å². The topological polar surface area (TPSA) is 75.3 Å². The number of aromatic hydroxyl groups is 1. The second-order valence-electron chi connectivity index (χ2n) is 4.76. The van der Waals surface area contributed by atoms with Gasteiger partial charge in [-0.1, -0.05) is 0 Å². The van der Waals surface area contributed by atoms with Crippen molar-refractivity contribution in [2.45, 2.75) is 25.8 Å². The molecule has 4 nitrogen and oxygen atoms in total. The maximum atomic E-state index is 13.5. The van der Waals surface area contributed by atoms with Gasteiger partial charge in [0.15, 0.2) is 17.4 Å². The lowest BCUT2D eigenvalue weighted by atomic mass is 10.00. The number of amides is 1. The molecular formula is C12H15F3N2O2. The first-order chi connectivity index (χ1) is 8.69. The molecule has 0 saturated heterocycles. The molecule has 19 heavy (non-hydrogen) atoms. The molecule has 0 heterocycles. The normalized spacial score (nSPS) is 11.5. The lowest BCUT2D eigenvalue weighted by molar-refractivity contribution is 0.0904. The van der Waals surface area contributed by atoms with Crippen LogP contribution in [0, 0.1) is 17.5 Å². The van der Waals surface area contributed by atoms with Crippen LogP contribution in [0.5, 0.6) is 5.75 Å². The average Bonchev–Trinajstić information content (AvgIpc) is 2.30. The summed E-state index contributed by atoms with van der Waals surface area (Å²) in [6.07, 6.45) is 0.413. The smallest absolute Gasteiger partial charge is 0.254 e. The van der Waals surface area contributed by atoms with Crippen molar-refractivity contribution in [2.24, 2.45) is 5.73 Å². The van der Waals surface area contributed by atoms with Crippen LogP contribution < -0.4 is 11.1 Å². The Kier molecular flexibility index (Phi) is 4.41. The highest BCUT2D eigenvalue weighted by molar-refractivity contribution is 5.95. The Balaban J connectivity index is 3.08. The van der Waals surface area contributed by atoms with E-state index < -0.39 is 40.2 Å². The predicted molar refractivity (Wildman–Crippen MR) is 63.2 cm³/mol. The summed E-state index contributed by atoms with van der Waals surface area (Å²) in [5.41, 5.74) is 3.85. The summed E-state index contributed by atoms with van der Waals surface area (Å²) in [5, 5.41) is 11.5. The van der Waals surface area contributed by atoms with Crippen LogP contribution in [0.1, 0.15) is 30.6 Å². The minimum atomic E-state index is -1.73. The van der Waals surface area contributed by atoms with Crippen LogP contribution in [-0.4, -0.2) is 23.1 Å². The van der Waals surface area contributed by atoms with Gasteiger partial charge in [0.05, 0.1) is 5.56 Å². The van der Waals surface area contributed by atoms with Gasteiger partial charge in [-0.3, -0.25) is 4.79 Å². The Morgan fingerprint density at radius 1 is 1.37 bits per heavy atom. The van der Waals surface area contributed by atoms with Crippen LogP contribution >= 0.6 is 0 Å². The van der Waals surface area contributed by atoms with Crippen LogP contribution in [-0.2, 0) is 0 Å². The van der Waals surface area contributed by atoms with Crippen molar-refractivity contribution in [3.63, 3.8) is 0 Å². The summed E-state index contributed by atoms with van der Waals surface area (Å²) in [6.45, 7) is 3.59. The van der Waals surface area contributed by atoms with E-state index >= 15 is 0 Å². The lowest BCUT2D eigenvalue weighted by Gasteiger charge is -2.25. The number of phenols is 1. The molecule has 0 aliphatic rings. The maximum Gasteiger partial charge on any atom is 0.254 e. The van der Waals surface area contributed by atoms with Gasteiger partial charge in [0.25, 0.3) is 5.91 Å². The fourth-order valence-electron chi connectivity index (χ4n) is 1.55. The summed E-state index contributed by atoms with van der Waals surface area (Å²) < 4.78 is 39.5. The third kappa shape index (κ3) is 3.37. The highest BCUT2D eigenvalue weighted by Gasteiger charge is 2.26. The minimum absolute atomic E-state index is 0.290. The maximum absolute atomic E-state index is 13.5. The van der Waals surface area contributed by atoms with Crippen molar-refractivity contribution in [3.05, 3.63) is 29.1 Å². The van der Waals surface area contributed by atoms with Crippen LogP contribution in [0.3, 0.4) is 0 Å². The Bertz CT molecular complexity index is 504. The van der Waals surface area contributed by atoms with Crippen molar-refractivity contribution in [3.8, 4) is 5.75 Å². The first-order valence-corrected chi connectivity index (χ1v) is 5.58. The van der Waals surface area contributed by atoms with Gasteiger partial charge in [-0.15, -0.1) is 0 Å².